The Hall–Kier alpha value is -3.03. The molecule has 0 radical (unpaired) electrons. The maximum atomic E-state index is 4.06. The van der Waals surface area contributed by atoms with Gasteiger partial charge < -0.3 is 0 Å². The van der Waals surface area contributed by atoms with E-state index in [-0.39, 0.29) is 0 Å². The number of hydrogen-bond donors (Lipinski definition) is 2. The van der Waals surface area contributed by atoms with Crippen LogP contribution in [0.4, 0.5) is 0 Å². The van der Waals surface area contributed by atoms with Crippen LogP contribution in [0.15, 0.2) is 36.5 Å². The fourth-order valence-corrected chi connectivity index (χ4v) is 2.11. The minimum Gasteiger partial charge on any atom is -0.225 e. The number of aromatic amines is 2. The molecule has 4 aromatic rings. The van der Waals surface area contributed by atoms with Crippen molar-refractivity contribution in [3.05, 3.63) is 36.5 Å². The standard InChI is InChI=1S/C11H8N8/c1-2-4-7(5-3-1)8-6-19-11(14-17-18-19)9(8)10-12-15-16-13-10/h1-6H,(H,14,18)(H,12,13,15,16). The van der Waals surface area contributed by atoms with Gasteiger partial charge in [0.2, 0.25) is 5.82 Å². The number of fused-ring (bicyclic) bond motifs is 1. The zero-order valence-corrected chi connectivity index (χ0v) is 9.65. The molecule has 0 atom stereocenters. The van der Waals surface area contributed by atoms with Gasteiger partial charge in [-0.25, -0.2) is 4.52 Å². The van der Waals surface area contributed by atoms with Crippen molar-refractivity contribution in [1.29, 1.82) is 0 Å². The lowest BCUT2D eigenvalue weighted by Gasteiger charge is -1.99. The smallest absolute Gasteiger partial charge is 0.209 e. The van der Waals surface area contributed by atoms with Gasteiger partial charge in [0, 0.05) is 11.8 Å². The summed E-state index contributed by atoms with van der Waals surface area (Å²) in [6.45, 7) is 0. The molecule has 0 fully saturated rings. The summed E-state index contributed by atoms with van der Waals surface area (Å²) in [6, 6.07) is 9.97. The summed E-state index contributed by atoms with van der Waals surface area (Å²) in [5.41, 5.74) is 3.50. The number of H-pyrrole nitrogens is 2. The van der Waals surface area contributed by atoms with Crippen LogP contribution in [0.3, 0.4) is 0 Å². The molecule has 0 bridgehead atoms. The van der Waals surface area contributed by atoms with E-state index in [9.17, 15) is 0 Å². The van der Waals surface area contributed by atoms with Crippen LogP contribution in [0.25, 0.3) is 28.2 Å². The average molecular weight is 252 g/mol. The summed E-state index contributed by atoms with van der Waals surface area (Å²) in [5.74, 6) is 0.496. The number of benzene rings is 1. The Labute approximate surface area is 106 Å². The normalized spacial score (nSPS) is 11.2. The Balaban J connectivity index is 2.06. The fourth-order valence-electron chi connectivity index (χ4n) is 2.11. The second-order valence-electron chi connectivity index (χ2n) is 4.01. The molecule has 0 amide bonds. The van der Waals surface area contributed by atoms with Gasteiger partial charge in [0.25, 0.3) is 0 Å². The Morgan fingerprint density at radius 1 is 1.00 bits per heavy atom. The lowest BCUT2D eigenvalue weighted by Crippen LogP contribution is -1.85. The van der Waals surface area contributed by atoms with Crippen LogP contribution in [-0.4, -0.2) is 40.7 Å². The van der Waals surface area contributed by atoms with Crippen LogP contribution < -0.4 is 0 Å². The summed E-state index contributed by atoms with van der Waals surface area (Å²) in [7, 11) is 0. The molecule has 0 spiro atoms. The molecule has 2 N–H and O–H groups in total. The van der Waals surface area contributed by atoms with Gasteiger partial charge >= 0.3 is 0 Å². The Morgan fingerprint density at radius 2 is 1.89 bits per heavy atom. The van der Waals surface area contributed by atoms with Gasteiger partial charge in [-0.2, -0.15) is 10.4 Å². The van der Waals surface area contributed by atoms with Gasteiger partial charge in [-0.3, -0.25) is 0 Å². The molecule has 92 valence electrons. The van der Waals surface area contributed by atoms with E-state index >= 15 is 0 Å². The summed E-state index contributed by atoms with van der Waals surface area (Å²) < 4.78 is 1.73. The maximum absolute atomic E-state index is 4.06. The Morgan fingerprint density at radius 3 is 2.68 bits per heavy atom. The Kier molecular flexibility index (Phi) is 1.95. The van der Waals surface area contributed by atoms with Crippen LogP contribution in [0.1, 0.15) is 0 Å². The molecule has 3 heterocycles. The van der Waals surface area contributed by atoms with Gasteiger partial charge in [-0.05, 0) is 10.8 Å². The molecule has 0 saturated carbocycles. The zero-order chi connectivity index (χ0) is 12.7. The van der Waals surface area contributed by atoms with Crippen molar-refractivity contribution in [3.8, 4) is 22.5 Å². The number of nitrogens with zero attached hydrogens (tertiary/aromatic N) is 6. The van der Waals surface area contributed by atoms with E-state index < -0.39 is 0 Å². The Bertz CT molecular complexity index is 811. The van der Waals surface area contributed by atoms with Crippen LogP contribution in [0, 0.1) is 0 Å². The van der Waals surface area contributed by atoms with E-state index in [1.807, 2.05) is 36.5 Å². The van der Waals surface area contributed by atoms with Crippen LogP contribution >= 0.6 is 0 Å². The highest BCUT2D eigenvalue weighted by molar-refractivity contribution is 5.89. The maximum Gasteiger partial charge on any atom is 0.209 e. The molecule has 0 aliphatic rings. The minimum atomic E-state index is 0.496. The predicted octanol–water partition coefficient (Wildman–Crippen LogP) is 0.904. The zero-order valence-electron chi connectivity index (χ0n) is 9.65. The van der Waals surface area contributed by atoms with Gasteiger partial charge in [-0.15, -0.1) is 15.3 Å². The first-order valence-corrected chi connectivity index (χ1v) is 5.65. The highest BCUT2D eigenvalue weighted by atomic mass is 15.5. The van der Waals surface area contributed by atoms with Crippen molar-refractivity contribution in [3.63, 3.8) is 0 Å². The first-order valence-electron chi connectivity index (χ1n) is 5.65. The third kappa shape index (κ3) is 1.43. The van der Waals surface area contributed by atoms with Crippen molar-refractivity contribution in [1.82, 2.24) is 40.7 Å². The van der Waals surface area contributed by atoms with E-state index in [1.165, 1.54) is 0 Å². The number of aromatic nitrogens is 8. The second-order valence-corrected chi connectivity index (χ2v) is 4.01. The van der Waals surface area contributed by atoms with E-state index in [2.05, 4.69) is 36.1 Å². The average Bonchev–Trinajstić information content (AvgIpc) is 3.15. The number of nitrogens with one attached hydrogen (secondary N) is 2. The van der Waals surface area contributed by atoms with Crippen molar-refractivity contribution >= 4 is 5.65 Å². The van der Waals surface area contributed by atoms with Crippen LogP contribution in [0.5, 0.6) is 0 Å². The predicted molar refractivity (Wildman–Crippen MR) is 65.9 cm³/mol. The number of hydrogen-bond acceptors (Lipinski definition) is 5. The lowest BCUT2D eigenvalue weighted by molar-refractivity contribution is 0.826. The van der Waals surface area contributed by atoms with E-state index in [0.29, 0.717) is 11.5 Å². The van der Waals surface area contributed by atoms with E-state index in [0.717, 1.165) is 16.7 Å². The highest BCUT2D eigenvalue weighted by Gasteiger charge is 2.19. The van der Waals surface area contributed by atoms with Gasteiger partial charge in [-0.1, -0.05) is 35.5 Å². The summed E-state index contributed by atoms with van der Waals surface area (Å²) >= 11 is 0. The molecule has 0 unspecified atom stereocenters. The van der Waals surface area contributed by atoms with Crippen LogP contribution in [-0.2, 0) is 0 Å². The summed E-state index contributed by atoms with van der Waals surface area (Å²) in [5, 5.41) is 24.7. The van der Waals surface area contributed by atoms with Crippen molar-refractivity contribution in [2.75, 3.05) is 0 Å². The molecule has 0 aliphatic heterocycles. The largest absolute Gasteiger partial charge is 0.225 e. The lowest BCUT2D eigenvalue weighted by atomic mass is 10.0. The third-order valence-corrected chi connectivity index (χ3v) is 2.93. The summed E-state index contributed by atoms with van der Waals surface area (Å²) in [4.78, 5) is 0. The molecule has 4 rings (SSSR count). The molecule has 1 aromatic carbocycles. The van der Waals surface area contributed by atoms with E-state index in [4.69, 9.17) is 0 Å². The van der Waals surface area contributed by atoms with Crippen molar-refractivity contribution in [2.45, 2.75) is 0 Å². The van der Waals surface area contributed by atoms with Gasteiger partial charge in [0.15, 0.2) is 5.65 Å². The molecular weight excluding hydrogens is 244 g/mol. The van der Waals surface area contributed by atoms with Gasteiger partial charge in [0.1, 0.15) is 0 Å². The highest BCUT2D eigenvalue weighted by Crippen LogP contribution is 2.33. The molecule has 8 heteroatoms. The van der Waals surface area contributed by atoms with E-state index in [1.54, 1.807) is 4.52 Å². The first-order chi connectivity index (χ1) is 9.43. The molecule has 3 aromatic heterocycles. The topological polar surface area (TPSA) is 100 Å². The molecule has 0 aliphatic carbocycles. The number of tetrazole rings is 2. The second kappa shape index (κ2) is 3.73. The minimum absolute atomic E-state index is 0.496. The molecule has 19 heavy (non-hydrogen) atoms. The monoisotopic (exact) mass is 252 g/mol. The van der Waals surface area contributed by atoms with Crippen molar-refractivity contribution in [2.24, 2.45) is 0 Å². The van der Waals surface area contributed by atoms with Crippen molar-refractivity contribution < 1.29 is 0 Å². The van der Waals surface area contributed by atoms with Crippen LogP contribution in [0.2, 0.25) is 0 Å². The number of rotatable bonds is 2. The third-order valence-electron chi connectivity index (χ3n) is 2.93. The molecule has 0 saturated heterocycles. The molecule has 8 nitrogen and oxygen atoms in total. The SMILES string of the molecule is c1ccc(-c2cn3[nH]nnc3c2-c2nn[nH]n2)cc1. The molecular formula is C11H8N8. The summed E-state index contributed by atoms with van der Waals surface area (Å²) in [6.07, 6.45) is 1.91. The quantitative estimate of drug-likeness (QED) is 0.552. The first kappa shape index (κ1) is 9.95. The van der Waals surface area contributed by atoms with Gasteiger partial charge in [0.05, 0.1) is 5.56 Å². The fraction of sp³-hybridized carbons (Fsp3) is 0.